The molecule has 0 aliphatic rings. The van der Waals surface area contributed by atoms with Gasteiger partial charge in [-0.1, -0.05) is 54.6 Å². The number of ether oxygens (including phenoxy) is 2. The lowest BCUT2D eigenvalue weighted by Gasteiger charge is -2.17. The summed E-state index contributed by atoms with van der Waals surface area (Å²) in [5.74, 6) is 2.49. The van der Waals surface area contributed by atoms with E-state index < -0.39 is 0 Å². The third kappa shape index (κ3) is 3.91. The van der Waals surface area contributed by atoms with Gasteiger partial charge in [0, 0.05) is 29.1 Å². The molecule has 138 valence electrons. The molecule has 0 heterocycles. The minimum absolute atomic E-state index is 0.592. The molecule has 0 bridgehead atoms. The van der Waals surface area contributed by atoms with E-state index in [2.05, 4.69) is 0 Å². The molecule has 0 aromatic heterocycles. The molecule has 0 atom stereocenters. The monoisotopic (exact) mass is 368 g/mol. The lowest BCUT2D eigenvalue weighted by molar-refractivity contribution is 0.420. The van der Waals surface area contributed by atoms with Crippen LogP contribution in [0.2, 0.25) is 0 Å². The van der Waals surface area contributed by atoms with E-state index in [1.807, 2.05) is 84.9 Å². The van der Waals surface area contributed by atoms with Crippen molar-refractivity contribution in [2.75, 3.05) is 11.5 Å². The molecular formula is C24H20N2O2. The molecule has 0 radical (unpaired) electrons. The molecule has 0 unspecified atom stereocenters. The highest BCUT2D eigenvalue weighted by Crippen LogP contribution is 2.43. The third-order valence-electron chi connectivity index (χ3n) is 4.23. The summed E-state index contributed by atoms with van der Waals surface area (Å²) in [4.78, 5) is 0. The van der Waals surface area contributed by atoms with Crippen molar-refractivity contribution in [2.45, 2.75) is 0 Å². The average Bonchev–Trinajstić information content (AvgIpc) is 2.70. The Morgan fingerprint density at radius 3 is 1.79 bits per heavy atom. The van der Waals surface area contributed by atoms with E-state index in [1.54, 1.807) is 12.1 Å². The topological polar surface area (TPSA) is 70.5 Å². The summed E-state index contributed by atoms with van der Waals surface area (Å²) in [7, 11) is 0. The largest absolute Gasteiger partial charge is 0.453 e. The maximum absolute atomic E-state index is 6.24. The van der Waals surface area contributed by atoms with Crippen LogP contribution in [-0.4, -0.2) is 0 Å². The van der Waals surface area contributed by atoms with Crippen LogP contribution >= 0.6 is 0 Å². The van der Waals surface area contributed by atoms with Crippen molar-refractivity contribution >= 4 is 11.4 Å². The van der Waals surface area contributed by atoms with Crippen molar-refractivity contribution in [1.82, 2.24) is 0 Å². The Labute approximate surface area is 164 Å². The molecule has 0 aliphatic carbocycles. The number of benzene rings is 4. The van der Waals surface area contributed by atoms with Crippen LogP contribution in [-0.2, 0) is 0 Å². The maximum atomic E-state index is 6.24. The lowest BCUT2D eigenvalue weighted by atomic mass is 10.0. The molecule has 4 N–H and O–H groups in total. The Balaban J connectivity index is 1.80. The molecule has 0 spiro atoms. The number of rotatable bonds is 5. The van der Waals surface area contributed by atoms with Crippen molar-refractivity contribution in [3.63, 3.8) is 0 Å². The van der Waals surface area contributed by atoms with Gasteiger partial charge in [-0.15, -0.1) is 0 Å². The van der Waals surface area contributed by atoms with Gasteiger partial charge in [-0.25, -0.2) is 0 Å². The standard InChI is InChI=1S/C24H20N2O2/c25-18-9-4-11-20(15-18)27-23-14-6-13-22(17-7-2-1-3-8-17)24(23)28-21-12-5-10-19(26)16-21/h1-16H,25-26H2. The molecule has 0 saturated carbocycles. The van der Waals surface area contributed by atoms with Crippen LogP contribution in [0.25, 0.3) is 11.1 Å². The second-order valence-electron chi connectivity index (χ2n) is 6.35. The van der Waals surface area contributed by atoms with Crippen molar-refractivity contribution in [2.24, 2.45) is 0 Å². The first-order valence-electron chi connectivity index (χ1n) is 8.94. The summed E-state index contributed by atoms with van der Waals surface area (Å²) < 4.78 is 12.4. The molecule has 4 rings (SSSR count). The van der Waals surface area contributed by atoms with Crippen LogP contribution < -0.4 is 20.9 Å². The second kappa shape index (κ2) is 7.76. The van der Waals surface area contributed by atoms with Crippen LogP contribution in [0, 0.1) is 0 Å². The zero-order chi connectivity index (χ0) is 19.3. The Bertz CT molecular complexity index is 1090. The summed E-state index contributed by atoms with van der Waals surface area (Å²) >= 11 is 0. The normalized spacial score (nSPS) is 10.4. The Morgan fingerprint density at radius 2 is 1.14 bits per heavy atom. The van der Waals surface area contributed by atoms with Crippen LogP contribution in [0.3, 0.4) is 0 Å². The minimum atomic E-state index is 0.592. The number of para-hydroxylation sites is 1. The van der Waals surface area contributed by atoms with Gasteiger partial charge in [0.05, 0.1) is 0 Å². The summed E-state index contributed by atoms with van der Waals surface area (Å²) in [6.45, 7) is 0. The predicted molar refractivity (Wildman–Crippen MR) is 114 cm³/mol. The van der Waals surface area contributed by atoms with Crippen LogP contribution in [0.5, 0.6) is 23.0 Å². The summed E-state index contributed by atoms with van der Waals surface area (Å²) in [6.07, 6.45) is 0. The molecule has 0 saturated heterocycles. The van der Waals surface area contributed by atoms with Crippen molar-refractivity contribution in [3.8, 4) is 34.1 Å². The number of hydrogen-bond donors (Lipinski definition) is 2. The Kier molecular flexibility index (Phi) is 4.85. The highest BCUT2D eigenvalue weighted by Gasteiger charge is 2.15. The van der Waals surface area contributed by atoms with E-state index in [9.17, 15) is 0 Å². The highest BCUT2D eigenvalue weighted by atomic mass is 16.5. The molecule has 4 nitrogen and oxygen atoms in total. The van der Waals surface area contributed by atoms with Crippen molar-refractivity contribution in [3.05, 3.63) is 97.1 Å². The van der Waals surface area contributed by atoms with E-state index in [0.29, 0.717) is 34.4 Å². The fraction of sp³-hybridized carbons (Fsp3) is 0. The number of anilines is 2. The van der Waals surface area contributed by atoms with E-state index in [4.69, 9.17) is 20.9 Å². The van der Waals surface area contributed by atoms with Gasteiger partial charge >= 0.3 is 0 Å². The van der Waals surface area contributed by atoms with Gasteiger partial charge < -0.3 is 20.9 Å². The lowest BCUT2D eigenvalue weighted by Crippen LogP contribution is -1.95. The third-order valence-corrected chi connectivity index (χ3v) is 4.23. The smallest absolute Gasteiger partial charge is 0.177 e. The van der Waals surface area contributed by atoms with Crippen LogP contribution in [0.1, 0.15) is 0 Å². The summed E-state index contributed by atoms with van der Waals surface area (Å²) in [5.41, 5.74) is 15.0. The molecule has 0 aliphatic heterocycles. The fourth-order valence-electron chi connectivity index (χ4n) is 2.95. The Hall–Kier alpha value is -3.92. The number of hydrogen-bond acceptors (Lipinski definition) is 4. The van der Waals surface area contributed by atoms with Crippen molar-refractivity contribution < 1.29 is 9.47 Å². The van der Waals surface area contributed by atoms with Gasteiger partial charge in [0.25, 0.3) is 0 Å². The number of nitrogens with two attached hydrogens (primary N) is 2. The summed E-state index contributed by atoms with van der Waals surface area (Å²) in [6, 6.07) is 30.5. The molecule has 4 heteroatoms. The van der Waals surface area contributed by atoms with E-state index in [1.165, 1.54) is 0 Å². The molecule has 0 fully saturated rings. The van der Waals surface area contributed by atoms with Crippen LogP contribution in [0.15, 0.2) is 97.1 Å². The van der Waals surface area contributed by atoms with Gasteiger partial charge in [-0.3, -0.25) is 0 Å². The van der Waals surface area contributed by atoms with E-state index in [-0.39, 0.29) is 0 Å². The Morgan fingerprint density at radius 1 is 0.536 bits per heavy atom. The quantitative estimate of drug-likeness (QED) is 0.417. The average molecular weight is 368 g/mol. The maximum Gasteiger partial charge on any atom is 0.177 e. The zero-order valence-corrected chi connectivity index (χ0v) is 15.2. The number of nitrogen functional groups attached to an aromatic ring is 2. The molecule has 28 heavy (non-hydrogen) atoms. The fourth-order valence-corrected chi connectivity index (χ4v) is 2.95. The van der Waals surface area contributed by atoms with E-state index in [0.717, 1.165) is 11.1 Å². The SMILES string of the molecule is Nc1cccc(Oc2cccc(-c3ccccc3)c2Oc2cccc(N)c2)c1. The first kappa shape index (κ1) is 17.5. The molecule has 0 amide bonds. The van der Waals surface area contributed by atoms with Gasteiger partial charge in [0.15, 0.2) is 11.5 Å². The van der Waals surface area contributed by atoms with Gasteiger partial charge in [0.2, 0.25) is 0 Å². The van der Waals surface area contributed by atoms with Crippen LogP contribution in [0.4, 0.5) is 11.4 Å². The zero-order valence-electron chi connectivity index (χ0n) is 15.2. The van der Waals surface area contributed by atoms with Gasteiger partial charge in [0.1, 0.15) is 11.5 Å². The second-order valence-corrected chi connectivity index (χ2v) is 6.35. The first-order valence-corrected chi connectivity index (χ1v) is 8.94. The van der Waals surface area contributed by atoms with Gasteiger partial charge in [-0.2, -0.15) is 0 Å². The minimum Gasteiger partial charge on any atom is -0.453 e. The summed E-state index contributed by atoms with van der Waals surface area (Å²) in [5, 5.41) is 0. The molecule has 4 aromatic rings. The highest BCUT2D eigenvalue weighted by molar-refractivity contribution is 5.74. The van der Waals surface area contributed by atoms with Gasteiger partial charge in [-0.05, 0) is 35.9 Å². The van der Waals surface area contributed by atoms with Crippen molar-refractivity contribution in [1.29, 1.82) is 0 Å². The molecule has 4 aromatic carbocycles. The van der Waals surface area contributed by atoms with E-state index >= 15 is 0 Å². The first-order chi connectivity index (χ1) is 13.7. The molecular weight excluding hydrogens is 348 g/mol. The predicted octanol–water partition coefficient (Wildman–Crippen LogP) is 6.10.